The molecule has 1 heterocycles. The monoisotopic (exact) mass is 381 g/mol. The highest BCUT2D eigenvalue weighted by molar-refractivity contribution is 9.10. The van der Waals surface area contributed by atoms with Crippen LogP contribution in [-0.2, 0) is 0 Å². The highest BCUT2D eigenvalue weighted by Crippen LogP contribution is 2.46. The quantitative estimate of drug-likeness (QED) is 0.543. The van der Waals surface area contributed by atoms with Gasteiger partial charge in [0.15, 0.2) is 8.24 Å². The molecule has 2 nitrogen and oxygen atoms in total. The van der Waals surface area contributed by atoms with Crippen molar-refractivity contribution in [2.75, 3.05) is 7.11 Å². The number of hydrogen-bond acceptors (Lipinski definition) is 1. The van der Waals surface area contributed by atoms with Crippen molar-refractivity contribution in [2.45, 2.75) is 58.2 Å². The van der Waals surface area contributed by atoms with Gasteiger partial charge in [0.25, 0.3) is 0 Å². The molecule has 0 unspecified atom stereocenters. The number of fused-ring (bicyclic) bond motifs is 1. The van der Waals surface area contributed by atoms with E-state index in [9.17, 15) is 0 Å². The van der Waals surface area contributed by atoms with Crippen LogP contribution in [-0.4, -0.2) is 19.6 Å². The van der Waals surface area contributed by atoms with Gasteiger partial charge in [-0.3, -0.25) is 0 Å². The van der Waals surface area contributed by atoms with E-state index >= 15 is 0 Å². The average molecular weight is 382 g/mol. The van der Waals surface area contributed by atoms with Crippen LogP contribution in [0.5, 0.6) is 5.75 Å². The summed E-state index contributed by atoms with van der Waals surface area (Å²) < 4.78 is 9.44. The highest BCUT2D eigenvalue weighted by atomic mass is 79.9. The van der Waals surface area contributed by atoms with Gasteiger partial charge < -0.3 is 8.97 Å². The number of methoxy groups -OCH3 is 1. The Balaban J connectivity index is 2.89. The zero-order chi connectivity index (χ0) is 16.7. The fraction of sp³-hybridized carbons (Fsp3) is 0.556. The first-order chi connectivity index (χ1) is 10.3. The summed E-state index contributed by atoms with van der Waals surface area (Å²) in [6, 6.07) is 6.38. The summed E-state index contributed by atoms with van der Waals surface area (Å²) in [5.41, 5.74) is 3.23. The minimum atomic E-state index is -1.77. The van der Waals surface area contributed by atoms with Crippen molar-refractivity contribution in [3.63, 3.8) is 0 Å². The van der Waals surface area contributed by atoms with Gasteiger partial charge in [0.1, 0.15) is 5.75 Å². The number of ether oxygens (including phenoxy) is 1. The lowest BCUT2D eigenvalue weighted by Gasteiger charge is -2.44. The molecule has 1 aromatic carbocycles. The van der Waals surface area contributed by atoms with Crippen LogP contribution in [0.1, 0.15) is 41.5 Å². The SMILES string of the molecule is COc1ccc(Br)c2ccn([Si](C(C)C)(C(C)C)C(C)C)c12. The average Bonchev–Trinajstić information content (AvgIpc) is 2.85. The van der Waals surface area contributed by atoms with Crippen molar-refractivity contribution in [1.82, 2.24) is 4.23 Å². The Bertz CT molecular complexity index is 639. The summed E-state index contributed by atoms with van der Waals surface area (Å²) in [6.45, 7) is 14.3. The van der Waals surface area contributed by atoms with Crippen LogP contribution in [0, 0.1) is 0 Å². The van der Waals surface area contributed by atoms with Crippen LogP contribution in [0.2, 0.25) is 16.6 Å². The van der Waals surface area contributed by atoms with Gasteiger partial charge in [0.05, 0.1) is 12.6 Å². The Morgan fingerprint density at radius 2 is 1.50 bits per heavy atom. The first kappa shape index (κ1) is 17.6. The topological polar surface area (TPSA) is 14.2 Å². The molecule has 0 radical (unpaired) electrons. The summed E-state index contributed by atoms with van der Waals surface area (Å²) >= 11 is 3.70. The Hall–Kier alpha value is -0.743. The molecule has 0 saturated carbocycles. The summed E-state index contributed by atoms with van der Waals surface area (Å²) in [7, 11) is -0.00342. The fourth-order valence-electron chi connectivity index (χ4n) is 4.52. The number of rotatable bonds is 5. The maximum atomic E-state index is 5.70. The van der Waals surface area contributed by atoms with Gasteiger partial charge in [-0.15, -0.1) is 0 Å². The molecule has 0 aliphatic carbocycles. The molecule has 0 amide bonds. The number of aromatic nitrogens is 1. The Morgan fingerprint density at radius 1 is 0.955 bits per heavy atom. The number of benzene rings is 1. The minimum absolute atomic E-state index is 0.659. The lowest BCUT2D eigenvalue weighted by atomic mass is 10.2. The molecule has 1 aromatic heterocycles. The van der Waals surface area contributed by atoms with E-state index in [2.05, 4.69) is 86.1 Å². The zero-order valence-corrected chi connectivity index (χ0v) is 17.4. The molecular weight excluding hydrogens is 354 g/mol. The van der Waals surface area contributed by atoms with Gasteiger partial charge in [-0.2, -0.15) is 0 Å². The maximum Gasteiger partial charge on any atom is 0.169 e. The molecule has 0 spiro atoms. The maximum absolute atomic E-state index is 5.70. The van der Waals surface area contributed by atoms with Crippen molar-refractivity contribution in [3.8, 4) is 5.75 Å². The third kappa shape index (κ3) is 2.44. The molecular formula is C18H28BrNOSi. The third-order valence-electron chi connectivity index (χ3n) is 5.17. The largest absolute Gasteiger partial charge is 0.495 e. The van der Waals surface area contributed by atoms with Crippen molar-refractivity contribution in [1.29, 1.82) is 0 Å². The Kier molecular flexibility index (Phi) is 5.12. The van der Waals surface area contributed by atoms with E-state index in [1.807, 2.05) is 0 Å². The Labute approximate surface area is 144 Å². The van der Waals surface area contributed by atoms with Crippen LogP contribution in [0.3, 0.4) is 0 Å². The van der Waals surface area contributed by atoms with E-state index in [1.165, 1.54) is 10.9 Å². The number of hydrogen-bond donors (Lipinski definition) is 0. The minimum Gasteiger partial charge on any atom is -0.495 e. The molecule has 2 rings (SSSR count). The second kappa shape index (κ2) is 6.40. The normalized spacial score (nSPS) is 12.9. The first-order valence-electron chi connectivity index (χ1n) is 8.12. The second-order valence-electron chi connectivity index (χ2n) is 7.05. The van der Waals surface area contributed by atoms with E-state index in [0.717, 1.165) is 10.2 Å². The predicted molar refractivity (Wildman–Crippen MR) is 103 cm³/mol. The van der Waals surface area contributed by atoms with Gasteiger partial charge >= 0.3 is 0 Å². The molecule has 122 valence electrons. The summed E-state index contributed by atoms with van der Waals surface area (Å²) in [4.78, 5) is 0. The van der Waals surface area contributed by atoms with Crippen molar-refractivity contribution in [2.24, 2.45) is 0 Å². The molecule has 0 aliphatic heterocycles. The molecule has 0 atom stereocenters. The molecule has 0 fully saturated rings. The van der Waals surface area contributed by atoms with E-state index in [-0.39, 0.29) is 0 Å². The first-order valence-corrected chi connectivity index (χ1v) is 11.1. The molecule has 0 saturated heterocycles. The van der Waals surface area contributed by atoms with Crippen LogP contribution in [0.15, 0.2) is 28.9 Å². The van der Waals surface area contributed by atoms with Gasteiger partial charge in [-0.05, 0) is 41.0 Å². The summed E-state index contributed by atoms with van der Waals surface area (Å²) in [6.07, 6.45) is 2.30. The van der Waals surface area contributed by atoms with Gasteiger partial charge in [-0.25, -0.2) is 0 Å². The lowest BCUT2D eigenvalue weighted by Crippen LogP contribution is -2.51. The summed E-state index contributed by atoms with van der Waals surface area (Å²) in [5, 5.41) is 1.25. The van der Waals surface area contributed by atoms with Gasteiger partial charge in [0, 0.05) is 9.86 Å². The zero-order valence-electron chi connectivity index (χ0n) is 14.8. The third-order valence-corrected chi connectivity index (χ3v) is 12.6. The van der Waals surface area contributed by atoms with Gasteiger partial charge in [0.2, 0.25) is 0 Å². The van der Waals surface area contributed by atoms with Crippen molar-refractivity contribution < 1.29 is 4.74 Å². The standard InChI is InChI=1S/C18H28BrNOSi/c1-12(2)22(13(3)4,14(5)6)20-11-10-15-16(19)8-9-17(21-7)18(15)20/h8-14H,1-7H3. The van der Waals surface area contributed by atoms with Crippen LogP contribution < -0.4 is 4.74 Å². The van der Waals surface area contributed by atoms with E-state index in [0.29, 0.717) is 16.6 Å². The fourth-order valence-corrected chi connectivity index (χ4v) is 11.6. The number of nitrogens with zero attached hydrogens (tertiary/aromatic N) is 1. The van der Waals surface area contributed by atoms with E-state index in [4.69, 9.17) is 4.74 Å². The van der Waals surface area contributed by atoms with Crippen molar-refractivity contribution >= 4 is 35.1 Å². The van der Waals surface area contributed by atoms with Gasteiger partial charge in [-0.1, -0.05) is 57.5 Å². The van der Waals surface area contributed by atoms with Crippen LogP contribution >= 0.6 is 15.9 Å². The smallest absolute Gasteiger partial charge is 0.169 e. The molecule has 0 bridgehead atoms. The van der Waals surface area contributed by atoms with E-state index < -0.39 is 8.24 Å². The van der Waals surface area contributed by atoms with E-state index in [1.54, 1.807) is 7.11 Å². The van der Waals surface area contributed by atoms with Crippen molar-refractivity contribution in [3.05, 3.63) is 28.9 Å². The highest BCUT2D eigenvalue weighted by Gasteiger charge is 2.46. The van der Waals surface area contributed by atoms with Crippen LogP contribution in [0.25, 0.3) is 10.9 Å². The van der Waals surface area contributed by atoms with Crippen LogP contribution in [0.4, 0.5) is 0 Å². The number of halogens is 1. The lowest BCUT2D eigenvalue weighted by molar-refractivity contribution is 0.418. The molecule has 0 N–H and O–H groups in total. The molecule has 4 heteroatoms. The second-order valence-corrected chi connectivity index (χ2v) is 13.6. The molecule has 22 heavy (non-hydrogen) atoms. The summed E-state index contributed by atoms with van der Waals surface area (Å²) in [5.74, 6) is 0.974. The molecule has 0 aliphatic rings. The molecule has 2 aromatic rings. The predicted octanol–water partition coefficient (Wildman–Crippen LogP) is 6.44. The Morgan fingerprint density at radius 3 is 1.95 bits per heavy atom.